The van der Waals surface area contributed by atoms with Crippen LogP contribution in [0.1, 0.15) is 65.9 Å². The fourth-order valence-corrected chi connectivity index (χ4v) is 5.38. The maximum atomic E-state index is 14.0. The van der Waals surface area contributed by atoms with E-state index in [4.69, 9.17) is 9.47 Å². The van der Waals surface area contributed by atoms with Crippen molar-refractivity contribution in [1.82, 2.24) is 20.9 Å². The Morgan fingerprint density at radius 1 is 1.23 bits per heavy atom. The van der Waals surface area contributed by atoms with E-state index in [1.54, 1.807) is 0 Å². The van der Waals surface area contributed by atoms with Crippen LogP contribution >= 0.6 is 0 Å². The van der Waals surface area contributed by atoms with E-state index in [2.05, 4.69) is 22.5 Å². The Labute approximate surface area is 254 Å². The minimum Gasteiger partial charge on any atom is -0.493 e. The van der Waals surface area contributed by atoms with Crippen LogP contribution in [0, 0.1) is 5.92 Å². The fraction of sp³-hybridized carbons (Fsp3) is 0.594. The molecule has 4 atom stereocenters. The highest BCUT2D eigenvalue weighted by molar-refractivity contribution is 6.38. The molecular weight excluding hydrogens is 552 g/mol. The van der Waals surface area contributed by atoms with Gasteiger partial charge in [0, 0.05) is 25.9 Å². The van der Waals surface area contributed by atoms with Crippen molar-refractivity contribution in [1.29, 1.82) is 0 Å². The molecule has 1 unspecified atom stereocenters. The quantitative estimate of drug-likeness (QED) is 0.292. The van der Waals surface area contributed by atoms with Gasteiger partial charge in [-0.1, -0.05) is 45.4 Å². The van der Waals surface area contributed by atoms with E-state index in [9.17, 15) is 24.0 Å². The molecule has 4 bridgehead atoms. The third kappa shape index (κ3) is 9.38. The number of fused-ring (bicyclic) bond motifs is 4. The average molecular weight is 599 g/mol. The number of hydrogen-bond acceptors (Lipinski definition) is 7. The summed E-state index contributed by atoms with van der Waals surface area (Å²) in [6.45, 7) is 13.5. The van der Waals surface area contributed by atoms with E-state index in [0.29, 0.717) is 25.2 Å². The van der Waals surface area contributed by atoms with E-state index >= 15 is 0 Å². The Balaban J connectivity index is 1.90. The van der Waals surface area contributed by atoms with E-state index in [0.717, 1.165) is 5.56 Å². The van der Waals surface area contributed by atoms with E-state index in [1.807, 2.05) is 58.9 Å². The summed E-state index contributed by atoms with van der Waals surface area (Å²) in [5, 5.41) is 8.06. The summed E-state index contributed by atoms with van der Waals surface area (Å²) in [5.41, 5.74) is 0.115. The van der Waals surface area contributed by atoms with Crippen LogP contribution in [0.25, 0.3) is 0 Å². The number of nitrogens with one attached hydrogen (secondary N) is 3. The molecular formula is C32H46N4O7. The zero-order valence-corrected chi connectivity index (χ0v) is 25.9. The number of ketones is 1. The maximum Gasteiger partial charge on any atom is 0.289 e. The normalized spacial score (nSPS) is 23.1. The van der Waals surface area contributed by atoms with Crippen molar-refractivity contribution >= 4 is 29.4 Å². The van der Waals surface area contributed by atoms with E-state index in [1.165, 1.54) is 11.0 Å². The number of carbonyl (C=O) groups excluding carboxylic acids is 5. The number of benzene rings is 1. The zero-order valence-electron chi connectivity index (χ0n) is 25.9. The molecule has 0 saturated carbocycles. The molecule has 11 nitrogen and oxygen atoms in total. The van der Waals surface area contributed by atoms with Crippen molar-refractivity contribution < 1.29 is 33.4 Å². The lowest BCUT2D eigenvalue weighted by Gasteiger charge is -2.31. The summed E-state index contributed by atoms with van der Waals surface area (Å²) < 4.78 is 12.4. The van der Waals surface area contributed by atoms with Crippen LogP contribution in [0.3, 0.4) is 0 Å². The molecule has 1 aromatic rings. The number of nitrogens with zero attached hydrogens (tertiary/aromatic N) is 1. The van der Waals surface area contributed by atoms with Crippen molar-refractivity contribution in [3.8, 4) is 5.75 Å². The molecule has 0 aliphatic carbocycles. The summed E-state index contributed by atoms with van der Waals surface area (Å²) in [6, 6.07) is 4.39. The molecule has 0 spiro atoms. The Morgan fingerprint density at radius 3 is 2.65 bits per heavy atom. The topological polar surface area (TPSA) is 143 Å². The van der Waals surface area contributed by atoms with Gasteiger partial charge >= 0.3 is 0 Å². The van der Waals surface area contributed by atoms with Crippen LogP contribution in [0.5, 0.6) is 5.75 Å². The first-order chi connectivity index (χ1) is 20.3. The number of ether oxygens (including phenoxy) is 2. The summed E-state index contributed by atoms with van der Waals surface area (Å²) in [4.78, 5) is 67.5. The summed E-state index contributed by atoms with van der Waals surface area (Å²) in [7, 11) is 0. The molecule has 2 aliphatic heterocycles. The summed E-state index contributed by atoms with van der Waals surface area (Å²) in [5.74, 6) is -2.48. The number of carbonyl (C=O) groups is 5. The number of Topliss-reactive ketones (excluding diaryl/α,β-unsaturated/α-hetero) is 1. The summed E-state index contributed by atoms with van der Waals surface area (Å²) in [6.07, 6.45) is 2.57. The minimum absolute atomic E-state index is 0.0591. The first kappa shape index (κ1) is 33.8. The van der Waals surface area contributed by atoms with E-state index < -0.39 is 53.3 Å². The smallest absolute Gasteiger partial charge is 0.289 e. The van der Waals surface area contributed by atoms with Crippen LogP contribution in [0.4, 0.5) is 0 Å². The zero-order chi connectivity index (χ0) is 31.7. The van der Waals surface area contributed by atoms with Gasteiger partial charge in [-0.25, -0.2) is 0 Å². The lowest BCUT2D eigenvalue weighted by atomic mass is 10.0. The highest BCUT2D eigenvalue weighted by atomic mass is 16.5. The average Bonchev–Trinajstić information content (AvgIpc) is 3.36. The fourth-order valence-electron chi connectivity index (χ4n) is 5.38. The van der Waals surface area contributed by atoms with Crippen LogP contribution < -0.4 is 20.7 Å². The van der Waals surface area contributed by atoms with Crippen LogP contribution in [-0.4, -0.2) is 83.8 Å². The number of amides is 4. The van der Waals surface area contributed by atoms with Gasteiger partial charge in [0.05, 0.1) is 30.8 Å². The lowest BCUT2D eigenvalue weighted by molar-refractivity contribution is -0.144. The molecule has 1 aromatic carbocycles. The standard InChI is InChI=1S/C32H46N4O7/c1-7-10-24(28(38)30(40)33-14-8-2)34-29(39)25-18-23-19-36(25)31(41)27(20(3)4)35-26(37)17-21-11-9-12-22(16-21)42-15-13-32(5,6)43-23/h8-9,11-12,16,20,23-25,27H,2,7,10,13-15,17-19H2,1,3-6H3,(H,33,40)(H,34,39)(H,35,37)/t23-,24?,25+,27+/m1/s1. The number of rotatable bonds is 9. The third-order valence-corrected chi connectivity index (χ3v) is 7.66. The second-order valence-corrected chi connectivity index (χ2v) is 12.2. The molecule has 43 heavy (non-hydrogen) atoms. The second-order valence-electron chi connectivity index (χ2n) is 12.2. The molecule has 0 aromatic heterocycles. The molecule has 2 heterocycles. The largest absolute Gasteiger partial charge is 0.493 e. The third-order valence-electron chi connectivity index (χ3n) is 7.66. The van der Waals surface area contributed by atoms with Crippen LogP contribution in [0.15, 0.2) is 36.9 Å². The van der Waals surface area contributed by atoms with E-state index in [-0.39, 0.29) is 44.2 Å². The first-order valence-corrected chi connectivity index (χ1v) is 15.1. The molecule has 1 saturated heterocycles. The predicted octanol–water partition coefficient (Wildman–Crippen LogP) is 2.07. The van der Waals surface area contributed by atoms with Crippen molar-refractivity contribution in [2.24, 2.45) is 5.92 Å². The molecule has 3 N–H and O–H groups in total. The molecule has 4 amide bonds. The van der Waals surface area contributed by atoms with Gasteiger partial charge in [-0.2, -0.15) is 0 Å². The van der Waals surface area contributed by atoms with Crippen molar-refractivity contribution in [2.75, 3.05) is 19.7 Å². The molecule has 0 radical (unpaired) electrons. The highest BCUT2D eigenvalue weighted by Gasteiger charge is 2.45. The van der Waals surface area contributed by atoms with Crippen molar-refractivity contribution in [2.45, 2.75) is 96.6 Å². The van der Waals surface area contributed by atoms with Crippen LogP contribution in [0.2, 0.25) is 0 Å². The molecule has 1 fully saturated rings. The maximum absolute atomic E-state index is 14.0. The van der Waals surface area contributed by atoms with Gasteiger partial charge in [0.1, 0.15) is 17.8 Å². The Morgan fingerprint density at radius 2 is 1.98 bits per heavy atom. The predicted molar refractivity (Wildman–Crippen MR) is 161 cm³/mol. The minimum atomic E-state index is -1.05. The van der Waals surface area contributed by atoms with Gasteiger partial charge < -0.3 is 30.3 Å². The van der Waals surface area contributed by atoms with Crippen molar-refractivity contribution in [3.05, 3.63) is 42.5 Å². The number of hydrogen-bond donors (Lipinski definition) is 3. The van der Waals surface area contributed by atoms with Gasteiger partial charge in [0.2, 0.25) is 23.5 Å². The lowest BCUT2D eigenvalue weighted by Crippen LogP contribution is -2.57. The monoisotopic (exact) mass is 598 g/mol. The Hall–Kier alpha value is -3.73. The van der Waals surface area contributed by atoms with Gasteiger partial charge in [0.25, 0.3) is 5.91 Å². The van der Waals surface area contributed by atoms with Crippen LogP contribution in [-0.2, 0) is 35.1 Å². The Kier molecular flexibility index (Phi) is 11.9. The molecule has 236 valence electrons. The first-order valence-electron chi connectivity index (χ1n) is 15.1. The van der Waals surface area contributed by atoms with Gasteiger partial charge in [0.15, 0.2) is 0 Å². The summed E-state index contributed by atoms with van der Waals surface area (Å²) >= 11 is 0. The molecule has 3 rings (SSSR count). The molecule has 2 aliphatic rings. The van der Waals surface area contributed by atoms with Gasteiger partial charge in [-0.15, -0.1) is 6.58 Å². The van der Waals surface area contributed by atoms with Crippen molar-refractivity contribution in [3.63, 3.8) is 0 Å². The Bertz CT molecular complexity index is 1200. The SMILES string of the molecule is C=CCNC(=O)C(=O)C(CCC)NC(=O)[C@@H]1C[C@@H]2CN1C(=O)[C@H](C(C)C)NC(=O)Cc1cccc(c1)OCCC(C)(C)O2. The highest BCUT2D eigenvalue weighted by Crippen LogP contribution is 2.29. The molecule has 11 heteroatoms. The van der Waals surface area contributed by atoms with Gasteiger partial charge in [-0.05, 0) is 43.9 Å². The van der Waals surface area contributed by atoms with Gasteiger partial charge in [-0.3, -0.25) is 24.0 Å². The second kappa shape index (κ2) is 15.1.